The van der Waals surface area contributed by atoms with Crippen LogP contribution < -0.4 is 10.6 Å². The fourth-order valence-electron chi connectivity index (χ4n) is 1.77. The summed E-state index contributed by atoms with van der Waals surface area (Å²) in [5, 5.41) is 24.4. The summed E-state index contributed by atoms with van der Waals surface area (Å²) in [4.78, 5) is 22.0. The third kappa shape index (κ3) is 4.59. The van der Waals surface area contributed by atoms with Crippen molar-refractivity contribution < 1.29 is 18.5 Å². The third-order valence-electron chi connectivity index (χ3n) is 3.00. The van der Waals surface area contributed by atoms with Gasteiger partial charge in [-0.3, -0.25) is 14.9 Å². The van der Waals surface area contributed by atoms with Gasteiger partial charge in [0.2, 0.25) is 0 Å². The van der Waals surface area contributed by atoms with Gasteiger partial charge in [-0.2, -0.15) is 5.26 Å². The summed E-state index contributed by atoms with van der Waals surface area (Å²) in [6.07, 6.45) is 0.969. The number of hydrogen-bond donors (Lipinski definition) is 2. The number of nitro groups is 1. The summed E-state index contributed by atoms with van der Waals surface area (Å²) in [7, 11) is 0. The van der Waals surface area contributed by atoms with E-state index in [4.69, 9.17) is 5.26 Å². The molecule has 0 saturated carbocycles. The molecule has 25 heavy (non-hydrogen) atoms. The molecule has 0 fully saturated rings. The monoisotopic (exact) mass is 344 g/mol. The van der Waals surface area contributed by atoms with Crippen molar-refractivity contribution in [3.8, 4) is 6.07 Å². The standard InChI is InChI=1S/C16H10F2N4O3/c17-11-1-6-15(14(18)7-11)20-9-10(8-19)16(23)21-12-2-4-13(5-3-12)22(24)25/h1-7,9,20H,(H,21,23)/b10-9-. The van der Waals surface area contributed by atoms with Crippen LogP contribution in [-0.4, -0.2) is 10.8 Å². The number of benzene rings is 2. The van der Waals surface area contributed by atoms with Gasteiger partial charge in [0.1, 0.15) is 23.3 Å². The first-order chi connectivity index (χ1) is 11.9. The van der Waals surface area contributed by atoms with Gasteiger partial charge in [-0.1, -0.05) is 0 Å². The topological polar surface area (TPSA) is 108 Å². The summed E-state index contributed by atoms with van der Waals surface area (Å²) in [6, 6.07) is 9.41. The number of carbonyl (C=O) groups is 1. The Morgan fingerprint density at radius 3 is 2.44 bits per heavy atom. The van der Waals surface area contributed by atoms with Gasteiger partial charge < -0.3 is 10.6 Å². The molecule has 0 atom stereocenters. The third-order valence-corrected chi connectivity index (χ3v) is 3.00. The number of nitro benzene ring substituents is 1. The number of anilines is 2. The second kappa shape index (κ2) is 7.65. The minimum Gasteiger partial charge on any atom is -0.358 e. The Labute approximate surface area is 140 Å². The van der Waals surface area contributed by atoms with Crippen molar-refractivity contribution in [3.05, 3.63) is 76.0 Å². The number of carbonyl (C=O) groups excluding carboxylic acids is 1. The van der Waals surface area contributed by atoms with E-state index in [0.29, 0.717) is 6.07 Å². The van der Waals surface area contributed by atoms with Crippen LogP contribution in [0.3, 0.4) is 0 Å². The molecule has 0 spiro atoms. The molecule has 0 saturated heterocycles. The van der Waals surface area contributed by atoms with E-state index < -0.39 is 22.5 Å². The van der Waals surface area contributed by atoms with Crippen LogP contribution in [0.2, 0.25) is 0 Å². The molecular formula is C16H10F2N4O3. The van der Waals surface area contributed by atoms with Gasteiger partial charge in [0.05, 0.1) is 10.6 Å². The van der Waals surface area contributed by atoms with Crippen molar-refractivity contribution in [2.24, 2.45) is 0 Å². The molecule has 0 heterocycles. The summed E-state index contributed by atoms with van der Waals surface area (Å²) in [5.74, 6) is -2.45. The van der Waals surface area contributed by atoms with Gasteiger partial charge in [0, 0.05) is 30.1 Å². The molecule has 0 aliphatic rings. The number of hydrogen-bond acceptors (Lipinski definition) is 5. The Hall–Kier alpha value is -3.80. The maximum atomic E-state index is 13.5. The van der Waals surface area contributed by atoms with Crippen LogP contribution in [0.15, 0.2) is 54.2 Å². The zero-order valence-electron chi connectivity index (χ0n) is 12.5. The van der Waals surface area contributed by atoms with E-state index in [-0.39, 0.29) is 22.6 Å². The van der Waals surface area contributed by atoms with Gasteiger partial charge in [0.25, 0.3) is 11.6 Å². The predicted octanol–water partition coefficient (Wildman–Crippen LogP) is 3.33. The largest absolute Gasteiger partial charge is 0.358 e. The molecule has 126 valence electrons. The van der Waals surface area contributed by atoms with E-state index in [1.165, 1.54) is 24.3 Å². The molecule has 7 nitrogen and oxygen atoms in total. The molecule has 0 aliphatic heterocycles. The lowest BCUT2D eigenvalue weighted by atomic mass is 10.2. The van der Waals surface area contributed by atoms with Gasteiger partial charge >= 0.3 is 0 Å². The zero-order chi connectivity index (χ0) is 18.4. The van der Waals surface area contributed by atoms with E-state index >= 15 is 0 Å². The molecule has 9 heteroatoms. The van der Waals surface area contributed by atoms with Crippen LogP contribution in [0.4, 0.5) is 25.8 Å². The van der Waals surface area contributed by atoms with Crippen molar-refractivity contribution >= 4 is 23.0 Å². The lowest BCUT2D eigenvalue weighted by molar-refractivity contribution is -0.384. The van der Waals surface area contributed by atoms with E-state index in [1.54, 1.807) is 6.07 Å². The molecule has 2 N–H and O–H groups in total. The Morgan fingerprint density at radius 2 is 1.88 bits per heavy atom. The molecule has 0 radical (unpaired) electrons. The highest BCUT2D eigenvalue weighted by Gasteiger charge is 2.11. The first-order valence-corrected chi connectivity index (χ1v) is 6.78. The second-order valence-corrected chi connectivity index (χ2v) is 4.70. The van der Waals surface area contributed by atoms with Gasteiger partial charge in [-0.05, 0) is 24.3 Å². The van der Waals surface area contributed by atoms with Crippen LogP contribution >= 0.6 is 0 Å². The molecule has 2 aromatic carbocycles. The Balaban J connectivity index is 2.09. The van der Waals surface area contributed by atoms with Crippen molar-refractivity contribution in [2.75, 3.05) is 10.6 Å². The van der Waals surface area contributed by atoms with Gasteiger partial charge in [-0.15, -0.1) is 0 Å². The number of non-ortho nitro benzene ring substituents is 1. The maximum Gasteiger partial charge on any atom is 0.269 e. The van der Waals surface area contributed by atoms with Gasteiger partial charge in [-0.25, -0.2) is 8.78 Å². The maximum absolute atomic E-state index is 13.5. The molecule has 2 rings (SSSR count). The molecule has 0 aliphatic carbocycles. The lowest BCUT2D eigenvalue weighted by Gasteiger charge is -2.06. The van der Waals surface area contributed by atoms with Crippen LogP contribution in [0, 0.1) is 33.1 Å². The lowest BCUT2D eigenvalue weighted by Crippen LogP contribution is -2.14. The predicted molar refractivity (Wildman–Crippen MR) is 85.4 cm³/mol. The fraction of sp³-hybridized carbons (Fsp3) is 0. The average molecular weight is 344 g/mol. The van der Waals surface area contributed by atoms with E-state index in [2.05, 4.69) is 10.6 Å². The number of nitrogens with one attached hydrogen (secondary N) is 2. The molecule has 1 amide bonds. The first kappa shape index (κ1) is 17.6. The SMILES string of the molecule is N#C/C(=C/Nc1ccc(F)cc1F)C(=O)Nc1ccc([N+](=O)[O-])cc1. The van der Waals surface area contributed by atoms with Crippen LogP contribution in [0.25, 0.3) is 0 Å². The second-order valence-electron chi connectivity index (χ2n) is 4.70. The van der Waals surface area contributed by atoms with Crippen LogP contribution in [-0.2, 0) is 4.79 Å². The zero-order valence-corrected chi connectivity index (χ0v) is 12.5. The highest BCUT2D eigenvalue weighted by Crippen LogP contribution is 2.17. The normalized spacial score (nSPS) is 10.7. The highest BCUT2D eigenvalue weighted by molar-refractivity contribution is 6.06. The fourth-order valence-corrected chi connectivity index (χ4v) is 1.77. The highest BCUT2D eigenvalue weighted by atomic mass is 19.1. The number of rotatable bonds is 5. The number of amides is 1. The van der Waals surface area contributed by atoms with Gasteiger partial charge in [0.15, 0.2) is 0 Å². The summed E-state index contributed by atoms with van der Waals surface area (Å²) in [5.41, 5.74) is -0.397. The Bertz CT molecular complexity index is 889. The van der Waals surface area contributed by atoms with E-state index in [9.17, 15) is 23.7 Å². The molecule has 0 unspecified atom stereocenters. The van der Waals surface area contributed by atoms with Crippen molar-refractivity contribution in [1.82, 2.24) is 0 Å². The van der Waals surface area contributed by atoms with Crippen LogP contribution in [0.5, 0.6) is 0 Å². The molecule has 0 bridgehead atoms. The Kier molecular flexibility index (Phi) is 5.37. The smallest absolute Gasteiger partial charge is 0.269 e. The first-order valence-electron chi connectivity index (χ1n) is 6.78. The quantitative estimate of drug-likeness (QED) is 0.374. The number of nitriles is 1. The Morgan fingerprint density at radius 1 is 1.20 bits per heavy atom. The average Bonchev–Trinajstić information content (AvgIpc) is 2.57. The van der Waals surface area contributed by atoms with E-state index in [0.717, 1.165) is 18.3 Å². The minimum absolute atomic E-state index is 0.114. The van der Waals surface area contributed by atoms with Crippen LogP contribution in [0.1, 0.15) is 0 Å². The molecule has 2 aromatic rings. The summed E-state index contributed by atoms with van der Waals surface area (Å²) in [6.45, 7) is 0. The molecule has 0 aromatic heterocycles. The minimum atomic E-state index is -0.885. The van der Waals surface area contributed by atoms with Crippen molar-refractivity contribution in [2.45, 2.75) is 0 Å². The molecular weight excluding hydrogens is 334 g/mol. The summed E-state index contributed by atoms with van der Waals surface area (Å²) >= 11 is 0. The number of halogens is 2. The van der Waals surface area contributed by atoms with Crippen molar-refractivity contribution in [1.29, 1.82) is 5.26 Å². The van der Waals surface area contributed by atoms with E-state index in [1.807, 2.05) is 0 Å². The number of nitrogens with zero attached hydrogens (tertiary/aromatic N) is 2. The van der Waals surface area contributed by atoms with Crippen molar-refractivity contribution in [3.63, 3.8) is 0 Å². The summed E-state index contributed by atoms with van der Waals surface area (Å²) < 4.78 is 26.3.